The van der Waals surface area contributed by atoms with Gasteiger partial charge in [0.1, 0.15) is 5.75 Å². The third kappa shape index (κ3) is 7.38. The first-order valence-corrected chi connectivity index (χ1v) is 11.4. The van der Waals surface area contributed by atoms with E-state index in [1.165, 1.54) is 43.6 Å². The van der Waals surface area contributed by atoms with Crippen LogP contribution in [0.1, 0.15) is 32.1 Å². The summed E-state index contributed by atoms with van der Waals surface area (Å²) in [6, 6.07) is 6.92. The van der Waals surface area contributed by atoms with Gasteiger partial charge in [-0.15, -0.1) is 0 Å². The quantitative estimate of drug-likeness (QED) is 0.577. The van der Waals surface area contributed by atoms with Gasteiger partial charge in [0.25, 0.3) is 0 Å². The normalized spacial score (nSPS) is 14.9. The Morgan fingerprint density at radius 3 is 2.67 bits per heavy atom. The molecular weight excluding hydrogens is 366 g/mol. The number of carbonyl (C=O) groups excluding carboxylic acids is 1. The number of carbonyl (C=O) groups is 1. The molecule has 0 aromatic heterocycles. The molecular formula is C19H31N3O4S. The molecule has 1 aromatic rings. The number of amides is 1. The molecule has 1 amide bonds. The molecule has 0 unspecified atom stereocenters. The number of nitrogens with one attached hydrogen (secondary N) is 1. The molecule has 0 atom stereocenters. The first-order chi connectivity index (χ1) is 12.9. The van der Waals surface area contributed by atoms with Gasteiger partial charge in [-0.05, 0) is 57.5 Å². The van der Waals surface area contributed by atoms with Crippen LogP contribution in [0.25, 0.3) is 0 Å². The fourth-order valence-electron chi connectivity index (χ4n) is 3.26. The lowest BCUT2D eigenvalue weighted by atomic mass is 10.2. The highest BCUT2D eigenvalue weighted by atomic mass is 32.2. The van der Waals surface area contributed by atoms with Crippen molar-refractivity contribution < 1.29 is 17.9 Å². The van der Waals surface area contributed by atoms with Crippen molar-refractivity contribution in [2.45, 2.75) is 32.1 Å². The van der Waals surface area contributed by atoms with Crippen molar-refractivity contribution in [3.63, 3.8) is 0 Å². The number of ether oxygens (including phenoxy) is 1. The molecule has 0 bridgehead atoms. The van der Waals surface area contributed by atoms with E-state index in [1.54, 1.807) is 24.3 Å². The van der Waals surface area contributed by atoms with E-state index in [-0.39, 0.29) is 12.5 Å². The fraction of sp³-hybridized carbons (Fsp3) is 0.632. The second-order valence-corrected chi connectivity index (χ2v) is 8.80. The van der Waals surface area contributed by atoms with Gasteiger partial charge in [0, 0.05) is 25.6 Å². The number of hydrogen-bond acceptors (Lipinski definition) is 5. The van der Waals surface area contributed by atoms with Crippen molar-refractivity contribution in [2.24, 2.45) is 0 Å². The molecule has 8 heteroatoms. The summed E-state index contributed by atoms with van der Waals surface area (Å²) in [5.74, 6) is 0.562. The minimum atomic E-state index is -3.43. The smallest absolute Gasteiger partial charge is 0.232 e. The van der Waals surface area contributed by atoms with Crippen molar-refractivity contribution in [2.75, 3.05) is 50.4 Å². The van der Waals surface area contributed by atoms with Crippen LogP contribution < -0.4 is 14.4 Å². The summed E-state index contributed by atoms with van der Waals surface area (Å²) in [5.41, 5.74) is 0.544. The maximum atomic E-state index is 12.1. The van der Waals surface area contributed by atoms with Gasteiger partial charge in [0.2, 0.25) is 15.9 Å². The van der Waals surface area contributed by atoms with Crippen molar-refractivity contribution in [3.8, 4) is 5.75 Å². The lowest BCUT2D eigenvalue weighted by Crippen LogP contribution is -2.32. The van der Waals surface area contributed by atoms with Crippen LogP contribution in [-0.4, -0.2) is 65.3 Å². The molecule has 1 aliphatic heterocycles. The highest BCUT2D eigenvalue weighted by Gasteiger charge is 2.18. The Bertz CT molecular complexity index is 703. The van der Waals surface area contributed by atoms with E-state index in [4.69, 9.17) is 4.74 Å². The first-order valence-electron chi connectivity index (χ1n) is 9.51. The predicted octanol–water partition coefficient (Wildman–Crippen LogP) is 1.84. The second kappa shape index (κ2) is 10.5. The minimum absolute atomic E-state index is 0.0319. The molecule has 1 fully saturated rings. The SMILES string of the molecule is COc1cccc(N(CCCC(=O)NCCCN2CCCC2)S(C)(=O)=O)c1. The summed E-state index contributed by atoms with van der Waals surface area (Å²) in [5, 5.41) is 2.92. The Labute approximate surface area is 162 Å². The summed E-state index contributed by atoms with van der Waals surface area (Å²) in [4.78, 5) is 14.4. The van der Waals surface area contributed by atoms with Crippen molar-refractivity contribution >= 4 is 21.6 Å². The van der Waals surface area contributed by atoms with Gasteiger partial charge in [-0.1, -0.05) is 6.07 Å². The number of nitrogens with zero attached hydrogens (tertiary/aromatic N) is 2. The van der Waals surface area contributed by atoms with E-state index in [1.807, 2.05) is 0 Å². The van der Waals surface area contributed by atoms with Crippen LogP contribution in [0, 0.1) is 0 Å². The fourth-order valence-corrected chi connectivity index (χ4v) is 4.22. The number of anilines is 1. The van der Waals surface area contributed by atoms with Gasteiger partial charge in [0.05, 0.1) is 19.1 Å². The largest absolute Gasteiger partial charge is 0.497 e. The summed E-state index contributed by atoms with van der Waals surface area (Å²) in [6.07, 6.45) is 5.44. The predicted molar refractivity (Wildman–Crippen MR) is 108 cm³/mol. The molecule has 152 valence electrons. The van der Waals surface area contributed by atoms with Crippen LogP contribution in [0.3, 0.4) is 0 Å². The van der Waals surface area contributed by atoms with E-state index in [2.05, 4.69) is 10.2 Å². The van der Waals surface area contributed by atoms with Crippen molar-refractivity contribution in [1.82, 2.24) is 10.2 Å². The Balaban J connectivity index is 1.75. The Morgan fingerprint density at radius 1 is 1.26 bits per heavy atom. The van der Waals surface area contributed by atoms with E-state index in [0.717, 1.165) is 13.0 Å². The Morgan fingerprint density at radius 2 is 2.00 bits per heavy atom. The van der Waals surface area contributed by atoms with Crippen LogP contribution >= 0.6 is 0 Å². The number of likely N-dealkylation sites (tertiary alicyclic amines) is 1. The molecule has 2 rings (SSSR count). The average molecular weight is 398 g/mol. The monoisotopic (exact) mass is 397 g/mol. The molecule has 0 saturated carbocycles. The molecule has 7 nitrogen and oxygen atoms in total. The second-order valence-electron chi connectivity index (χ2n) is 6.89. The van der Waals surface area contributed by atoms with Gasteiger partial charge >= 0.3 is 0 Å². The van der Waals surface area contributed by atoms with E-state index in [0.29, 0.717) is 30.8 Å². The average Bonchev–Trinajstić information content (AvgIpc) is 3.15. The molecule has 27 heavy (non-hydrogen) atoms. The highest BCUT2D eigenvalue weighted by molar-refractivity contribution is 7.92. The molecule has 0 radical (unpaired) electrons. The maximum Gasteiger partial charge on any atom is 0.232 e. The number of rotatable bonds is 11. The minimum Gasteiger partial charge on any atom is -0.497 e. The standard InChI is InChI=1S/C19H31N3O4S/c1-26-18-9-5-8-17(16-18)22(27(2,24)25)15-6-10-19(23)20-11-7-14-21-12-3-4-13-21/h5,8-9,16H,3-4,6-7,10-15H2,1-2H3,(H,20,23). The zero-order valence-electron chi connectivity index (χ0n) is 16.3. The molecule has 1 aliphatic rings. The van der Waals surface area contributed by atoms with Crippen molar-refractivity contribution in [1.29, 1.82) is 0 Å². The third-order valence-corrected chi connectivity index (χ3v) is 5.87. The van der Waals surface area contributed by atoms with Crippen molar-refractivity contribution in [3.05, 3.63) is 24.3 Å². The summed E-state index contributed by atoms with van der Waals surface area (Å²) >= 11 is 0. The molecule has 1 aromatic carbocycles. The summed E-state index contributed by atoms with van der Waals surface area (Å²) in [7, 11) is -1.89. The lowest BCUT2D eigenvalue weighted by Gasteiger charge is -2.22. The Kier molecular flexibility index (Phi) is 8.37. The highest BCUT2D eigenvalue weighted by Crippen LogP contribution is 2.23. The van der Waals surface area contributed by atoms with E-state index < -0.39 is 10.0 Å². The topological polar surface area (TPSA) is 79.0 Å². The van der Waals surface area contributed by atoms with Crippen LogP contribution in [0.2, 0.25) is 0 Å². The summed E-state index contributed by atoms with van der Waals surface area (Å²) in [6.45, 7) is 4.28. The number of sulfonamides is 1. The van der Waals surface area contributed by atoms with Crippen LogP contribution in [-0.2, 0) is 14.8 Å². The third-order valence-electron chi connectivity index (χ3n) is 4.68. The van der Waals surface area contributed by atoms with E-state index in [9.17, 15) is 13.2 Å². The van der Waals surface area contributed by atoms with Crippen LogP contribution in [0.4, 0.5) is 5.69 Å². The first kappa shape index (κ1) is 21.5. The zero-order chi connectivity index (χ0) is 19.7. The van der Waals surface area contributed by atoms with Gasteiger partial charge < -0.3 is 15.0 Å². The summed E-state index contributed by atoms with van der Waals surface area (Å²) < 4.78 is 30.7. The molecule has 1 N–H and O–H groups in total. The van der Waals surface area contributed by atoms with Gasteiger partial charge in [-0.25, -0.2) is 8.42 Å². The maximum absolute atomic E-state index is 12.1. The van der Waals surface area contributed by atoms with Gasteiger partial charge in [-0.2, -0.15) is 0 Å². The molecule has 0 aliphatic carbocycles. The molecule has 1 heterocycles. The van der Waals surface area contributed by atoms with Gasteiger partial charge in [-0.3, -0.25) is 9.10 Å². The van der Waals surface area contributed by atoms with E-state index >= 15 is 0 Å². The van der Waals surface area contributed by atoms with Crippen LogP contribution in [0.15, 0.2) is 24.3 Å². The van der Waals surface area contributed by atoms with Crippen LogP contribution in [0.5, 0.6) is 5.75 Å². The lowest BCUT2D eigenvalue weighted by molar-refractivity contribution is -0.121. The number of hydrogen-bond donors (Lipinski definition) is 1. The Hall–Kier alpha value is -1.80. The zero-order valence-corrected chi connectivity index (χ0v) is 17.1. The molecule has 1 saturated heterocycles. The van der Waals surface area contributed by atoms with Gasteiger partial charge in [0.15, 0.2) is 0 Å². The number of methoxy groups -OCH3 is 1. The molecule has 0 spiro atoms. The number of benzene rings is 1.